The lowest BCUT2D eigenvalue weighted by Crippen LogP contribution is -2.45. The van der Waals surface area contributed by atoms with Crippen molar-refractivity contribution in [3.05, 3.63) is 71.3 Å². The third-order valence-electron chi connectivity index (χ3n) is 5.20. The molecule has 0 saturated carbocycles. The quantitative estimate of drug-likeness (QED) is 0.740. The minimum absolute atomic E-state index is 0.0205. The Morgan fingerprint density at radius 3 is 2.50 bits per heavy atom. The zero-order valence-electron chi connectivity index (χ0n) is 15.7. The summed E-state index contributed by atoms with van der Waals surface area (Å²) in [6.45, 7) is 3.52. The molecule has 28 heavy (non-hydrogen) atoms. The summed E-state index contributed by atoms with van der Waals surface area (Å²) < 4.78 is 1.63. The molecule has 8 nitrogen and oxygen atoms in total. The summed E-state index contributed by atoms with van der Waals surface area (Å²) in [7, 11) is 0. The fourth-order valence-corrected chi connectivity index (χ4v) is 3.45. The van der Waals surface area contributed by atoms with Crippen LogP contribution >= 0.6 is 0 Å². The van der Waals surface area contributed by atoms with E-state index in [1.165, 1.54) is 0 Å². The molecule has 1 fully saturated rings. The van der Waals surface area contributed by atoms with Crippen molar-refractivity contribution in [1.82, 2.24) is 30.1 Å². The summed E-state index contributed by atoms with van der Waals surface area (Å²) in [6, 6.07) is 11.3. The number of hydrogen-bond acceptors (Lipinski definition) is 6. The van der Waals surface area contributed by atoms with E-state index in [0.717, 1.165) is 11.1 Å². The van der Waals surface area contributed by atoms with Gasteiger partial charge in [-0.1, -0.05) is 18.2 Å². The first-order chi connectivity index (χ1) is 13.5. The summed E-state index contributed by atoms with van der Waals surface area (Å²) in [6.07, 6.45) is 4.27. The zero-order valence-corrected chi connectivity index (χ0v) is 15.7. The molecule has 1 aromatic carbocycles. The highest BCUT2D eigenvalue weighted by Gasteiger charge is 2.36. The topological polar surface area (TPSA) is 97.0 Å². The zero-order chi connectivity index (χ0) is 19.6. The van der Waals surface area contributed by atoms with Gasteiger partial charge in [-0.2, -0.15) is 0 Å². The van der Waals surface area contributed by atoms with E-state index in [0.29, 0.717) is 43.7 Å². The fraction of sp³-hybridized carbons (Fsp3) is 0.350. The van der Waals surface area contributed by atoms with Crippen LogP contribution in [0.5, 0.6) is 0 Å². The van der Waals surface area contributed by atoms with Crippen molar-refractivity contribution in [3.63, 3.8) is 0 Å². The number of aliphatic hydroxyl groups is 1. The lowest BCUT2D eigenvalue weighted by molar-refractivity contribution is -0.0244. The Morgan fingerprint density at radius 1 is 1.14 bits per heavy atom. The standard InChI is InChI=1S/C20H22N6O2/c1-15-2-7-18(21-12-15)20(28)8-10-25(11-9-20)19(27)17-5-3-16(4-6-17)13-26-14-22-23-24-26/h2-7,12,14,28H,8-11,13H2,1H3. The van der Waals surface area contributed by atoms with Crippen LogP contribution in [0.2, 0.25) is 0 Å². The van der Waals surface area contributed by atoms with Gasteiger partial charge in [-0.15, -0.1) is 5.10 Å². The minimum atomic E-state index is -0.972. The summed E-state index contributed by atoms with van der Waals surface area (Å²) in [4.78, 5) is 19.0. The molecule has 0 bridgehead atoms. The van der Waals surface area contributed by atoms with Gasteiger partial charge in [0.2, 0.25) is 0 Å². The number of benzene rings is 1. The summed E-state index contributed by atoms with van der Waals surface area (Å²) in [5.74, 6) is -0.0205. The third-order valence-corrected chi connectivity index (χ3v) is 5.20. The van der Waals surface area contributed by atoms with Crippen molar-refractivity contribution in [2.45, 2.75) is 31.9 Å². The van der Waals surface area contributed by atoms with Crippen LogP contribution in [0.25, 0.3) is 0 Å². The van der Waals surface area contributed by atoms with Crippen molar-refractivity contribution < 1.29 is 9.90 Å². The normalized spacial score (nSPS) is 16.1. The van der Waals surface area contributed by atoms with Gasteiger partial charge in [0.15, 0.2) is 0 Å². The number of hydrogen-bond donors (Lipinski definition) is 1. The van der Waals surface area contributed by atoms with Crippen LogP contribution < -0.4 is 0 Å². The maximum Gasteiger partial charge on any atom is 0.253 e. The molecule has 2 aromatic heterocycles. The molecule has 144 valence electrons. The number of carbonyl (C=O) groups excluding carboxylic acids is 1. The Balaban J connectivity index is 1.39. The van der Waals surface area contributed by atoms with Crippen LogP contribution in [0.4, 0.5) is 0 Å². The largest absolute Gasteiger partial charge is 0.383 e. The second-order valence-electron chi connectivity index (χ2n) is 7.25. The van der Waals surface area contributed by atoms with E-state index in [9.17, 15) is 9.90 Å². The van der Waals surface area contributed by atoms with E-state index in [1.807, 2.05) is 43.3 Å². The molecule has 1 saturated heterocycles. The predicted octanol–water partition coefficient (Wildman–Crippen LogP) is 1.55. The van der Waals surface area contributed by atoms with Gasteiger partial charge in [0.25, 0.3) is 5.91 Å². The van der Waals surface area contributed by atoms with Gasteiger partial charge >= 0.3 is 0 Å². The van der Waals surface area contributed by atoms with Crippen molar-refractivity contribution in [2.24, 2.45) is 0 Å². The number of amides is 1. The van der Waals surface area contributed by atoms with Gasteiger partial charge in [0.05, 0.1) is 12.2 Å². The lowest BCUT2D eigenvalue weighted by atomic mass is 9.87. The van der Waals surface area contributed by atoms with E-state index >= 15 is 0 Å². The Hall–Kier alpha value is -3.13. The van der Waals surface area contributed by atoms with Crippen LogP contribution in [0.3, 0.4) is 0 Å². The first-order valence-electron chi connectivity index (χ1n) is 9.28. The van der Waals surface area contributed by atoms with Crippen LogP contribution in [0.1, 0.15) is 40.0 Å². The molecule has 0 atom stereocenters. The number of nitrogens with zero attached hydrogens (tertiary/aromatic N) is 6. The molecule has 4 rings (SSSR count). The van der Waals surface area contributed by atoms with Crippen molar-refractivity contribution >= 4 is 5.91 Å². The van der Waals surface area contributed by atoms with E-state index in [-0.39, 0.29) is 5.91 Å². The first kappa shape index (κ1) is 18.2. The number of pyridine rings is 1. The Kier molecular flexibility index (Phi) is 4.87. The number of piperidine rings is 1. The van der Waals surface area contributed by atoms with Gasteiger partial charge < -0.3 is 10.0 Å². The van der Waals surface area contributed by atoms with Gasteiger partial charge in [-0.3, -0.25) is 9.78 Å². The van der Waals surface area contributed by atoms with Crippen molar-refractivity contribution in [1.29, 1.82) is 0 Å². The third kappa shape index (κ3) is 3.77. The van der Waals surface area contributed by atoms with Crippen molar-refractivity contribution in [2.75, 3.05) is 13.1 Å². The van der Waals surface area contributed by atoms with E-state index < -0.39 is 5.60 Å². The lowest BCUT2D eigenvalue weighted by Gasteiger charge is -2.37. The molecule has 0 spiro atoms. The number of tetrazole rings is 1. The van der Waals surface area contributed by atoms with E-state index in [4.69, 9.17) is 0 Å². The smallest absolute Gasteiger partial charge is 0.253 e. The number of rotatable bonds is 4. The maximum atomic E-state index is 12.8. The van der Waals surface area contributed by atoms with Crippen LogP contribution in [0, 0.1) is 6.92 Å². The van der Waals surface area contributed by atoms with E-state index in [2.05, 4.69) is 20.5 Å². The van der Waals surface area contributed by atoms with Crippen LogP contribution in [0.15, 0.2) is 48.9 Å². The number of carbonyl (C=O) groups is 1. The summed E-state index contributed by atoms with van der Waals surface area (Å²) in [5.41, 5.74) is 2.42. The Labute approximate surface area is 162 Å². The summed E-state index contributed by atoms with van der Waals surface area (Å²) >= 11 is 0. The molecule has 0 radical (unpaired) electrons. The average molecular weight is 378 g/mol. The molecular formula is C20H22N6O2. The fourth-order valence-electron chi connectivity index (χ4n) is 3.45. The van der Waals surface area contributed by atoms with Gasteiger partial charge in [0.1, 0.15) is 11.9 Å². The molecule has 1 N–H and O–H groups in total. The second-order valence-corrected chi connectivity index (χ2v) is 7.25. The van der Waals surface area contributed by atoms with Gasteiger partial charge in [-0.05, 0) is 59.5 Å². The molecule has 1 aliphatic heterocycles. The molecule has 8 heteroatoms. The van der Waals surface area contributed by atoms with Gasteiger partial charge in [0, 0.05) is 24.8 Å². The average Bonchev–Trinajstić information content (AvgIpc) is 3.22. The molecule has 0 unspecified atom stereocenters. The summed E-state index contributed by atoms with van der Waals surface area (Å²) in [5, 5.41) is 22.0. The van der Waals surface area contributed by atoms with Gasteiger partial charge in [-0.25, -0.2) is 4.68 Å². The number of likely N-dealkylation sites (tertiary alicyclic amines) is 1. The predicted molar refractivity (Wildman–Crippen MR) is 101 cm³/mol. The second kappa shape index (κ2) is 7.47. The highest BCUT2D eigenvalue weighted by Crippen LogP contribution is 2.32. The highest BCUT2D eigenvalue weighted by molar-refractivity contribution is 5.94. The Bertz CT molecular complexity index is 930. The monoisotopic (exact) mass is 378 g/mol. The molecule has 1 aliphatic rings. The van der Waals surface area contributed by atoms with E-state index in [1.54, 1.807) is 22.1 Å². The Morgan fingerprint density at radius 2 is 1.89 bits per heavy atom. The first-order valence-corrected chi connectivity index (χ1v) is 9.28. The molecule has 0 aliphatic carbocycles. The molecular weight excluding hydrogens is 356 g/mol. The molecule has 3 heterocycles. The number of aromatic nitrogens is 5. The van der Waals surface area contributed by atoms with Crippen molar-refractivity contribution in [3.8, 4) is 0 Å². The highest BCUT2D eigenvalue weighted by atomic mass is 16.3. The molecule has 1 amide bonds. The number of aryl methyl sites for hydroxylation is 1. The maximum absolute atomic E-state index is 12.8. The van der Waals surface area contributed by atoms with Crippen LogP contribution in [-0.2, 0) is 12.1 Å². The SMILES string of the molecule is Cc1ccc(C2(O)CCN(C(=O)c3ccc(Cn4cnnn4)cc3)CC2)nc1. The minimum Gasteiger partial charge on any atom is -0.383 e. The molecule has 3 aromatic rings. The van der Waals surface area contributed by atoms with Crippen LogP contribution in [-0.4, -0.2) is 54.2 Å².